The van der Waals surface area contributed by atoms with Crippen LogP contribution in [0.4, 0.5) is 0 Å². The number of aromatic nitrogens is 1. The van der Waals surface area contributed by atoms with E-state index in [4.69, 9.17) is 10.8 Å². The van der Waals surface area contributed by atoms with Crippen LogP contribution in [0.3, 0.4) is 0 Å². The third kappa shape index (κ3) is 3.14. The number of fused-ring (bicyclic) bond motifs is 1. The molecule has 0 unspecified atom stereocenters. The van der Waals surface area contributed by atoms with Gasteiger partial charge in [0.2, 0.25) is 0 Å². The molecule has 0 saturated carbocycles. The number of nitrogens with zero attached hydrogens (tertiary/aromatic N) is 2. The molecule has 128 valence electrons. The second-order valence-corrected chi connectivity index (χ2v) is 6.66. The Labute approximate surface area is 142 Å². The van der Waals surface area contributed by atoms with Gasteiger partial charge in [-0.3, -0.25) is 9.78 Å². The maximum absolute atomic E-state index is 13.1. The number of pyridine rings is 1. The molecular formula is C19H25N3O2. The Morgan fingerprint density at radius 3 is 2.88 bits per heavy atom. The van der Waals surface area contributed by atoms with E-state index in [1.807, 2.05) is 24.0 Å². The number of carbonyl (C=O) groups excluding carboxylic acids is 1. The molecule has 3 rings (SSSR count). The first-order valence-corrected chi connectivity index (χ1v) is 8.59. The van der Waals surface area contributed by atoms with Gasteiger partial charge in [-0.25, -0.2) is 0 Å². The summed E-state index contributed by atoms with van der Waals surface area (Å²) in [5.74, 6) is 0.175. The monoisotopic (exact) mass is 327 g/mol. The van der Waals surface area contributed by atoms with Gasteiger partial charge in [0, 0.05) is 36.8 Å². The van der Waals surface area contributed by atoms with E-state index in [0.717, 1.165) is 23.0 Å². The van der Waals surface area contributed by atoms with E-state index >= 15 is 0 Å². The van der Waals surface area contributed by atoms with Gasteiger partial charge in [0.15, 0.2) is 0 Å². The molecule has 1 amide bonds. The Kier molecular flexibility index (Phi) is 4.83. The third-order valence-electron chi connectivity index (χ3n) is 4.92. The van der Waals surface area contributed by atoms with Crippen LogP contribution in [0.1, 0.15) is 35.0 Å². The van der Waals surface area contributed by atoms with Crippen molar-refractivity contribution in [1.82, 2.24) is 9.88 Å². The second-order valence-electron chi connectivity index (χ2n) is 6.66. The quantitative estimate of drug-likeness (QED) is 0.899. The van der Waals surface area contributed by atoms with Crippen LogP contribution in [-0.4, -0.2) is 46.6 Å². The molecule has 1 aliphatic heterocycles. The standard InChI is InChI=1S/C19H25N3O2/c1-3-13-4-5-18-15(9-13)16(8-12(2)21-18)19(24)22-10-14(6-7-23)17(20)11-22/h4-5,8-9,14,17,23H,3,6-7,10-11,20H2,1-2H3/t14-,17-/m0/s1. The number of rotatable bonds is 4. The first-order chi connectivity index (χ1) is 11.5. The minimum atomic E-state index is -0.0681. The number of carbonyl (C=O) groups is 1. The zero-order valence-corrected chi connectivity index (χ0v) is 14.3. The summed E-state index contributed by atoms with van der Waals surface area (Å²) in [6, 6.07) is 7.92. The maximum atomic E-state index is 13.1. The van der Waals surface area contributed by atoms with E-state index in [2.05, 4.69) is 24.0 Å². The second kappa shape index (κ2) is 6.87. The molecule has 2 heterocycles. The highest BCUT2D eigenvalue weighted by Crippen LogP contribution is 2.25. The minimum absolute atomic E-state index is 0.00893. The predicted molar refractivity (Wildman–Crippen MR) is 94.9 cm³/mol. The summed E-state index contributed by atoms with van der Waals surface area (Å²) >= 11 is 0. The molecule has 1 fully saturated rings. The summed E-state index contributed by atoms with van der Waals surface area (Å²) in [6.45, 7) is 5.27. The molecule has 1 aliphatic rings. The Hall–Kier alpha value is -1.98. The number of aryl methyl sites for hydroxylation is 2. The van der Waals surface area contributed by atoms with E-state index in [0.29, 0.717) is 25.1 Å². The van der Waals surface area contributed by atoms with Crippen LogP contribution in [0.2, 0.25) is 0 Å². The molecule has 2 aromatic rings. The largest absolute Gasteiger partial charge is 0.396 e. The van der Waals surface area contributed by atoms with E-state index in [1.54, 1.807) is 0 Å². The lowest BCUT2D eigenvalue weighted by atomic mass is 10.0. The SMILES string of the molecule is CCc1ccc2nc(C)cc(C(=O)N3C[C@H](CCO)[C@@H](N)C3)c2c1. The summed E-state index contributed by atoms with van der Waals surface area (Å²) in [5.41, 5.74) is 9.73. The van der Waals surface area contributed by atoms with Crippen LogP contribution >= 0.6 is 0 Å². The van der Waals surface area contributed by atoms with Crippen molar-refractivity contribution >= 4 is 16.8 Å². The number of nitrogens with two attached hydrogens (primary N) is 1. The first kappa shape index (κ1) is 16.9. The van der Waals surface area contributed by atoms with Crippen molar-refractivity contribution in [3.05, 3.63) is 41.1 Å². The fourth-order valence-corrected chi connectivity index (χ4v) is 3.51. The minimum Gasteiger partial charge on any atom is -0.396 e. The number of hydrogen-bond donors (Lipinski definition) is 2. The number of amides is 1. The van der Waals surface area contributed by atoms with Gasteiger partial charge in [0.1, 0.15) is 0 Å². The normalized spacial score (nSPS) is 20.8. The first-order valence-electron chi connectivity index (χ1n) is 8.59. The van der Waals surface area contributed by atoms with Crippen molar-refractivity contribution in [2.24, 2.45) is 11.7 Å². The van der Waals surface area contributed by atoms with Gasteiger partial charge in [-0.1, -0.05) is 13.0 Å². The molecule has 1 aromatic carbocycles. The van der Waals surface area contributed by atoms with Gasteiger partial charge in [0.25, 0.3) is 5.91 Å². The summed E-state index contributed by atoms with van der Waals surface area (Å²) in [7, 11) is 0. The summed E-state index contributed by atoms with van der Waals surface area (Å²) < 4.78 is 0. The summed E-state index contributed by atoms with van der Waals surface area (Å²) in [6.07, 6.45) is 1.56. The zero-order chi connectivity index (χ0) is 17.3. The van der Waals surface area contributed by atoms with Crippen molar-refractivity contribution < 1.29 is 9.90 Å². The van der Waals surface area contributed by atoms with Crippen LogP contribution in [0, 0.1) is 12.8 Å². The number of benzene rings is 1. The number of aliphatic hydroxyl groups is 1. The topological polar surface area (TPSA) is 79.5 Å². The van der Waals surface area contributed by atoms with E-state index in [-0.39, 0.29) is 24.5 Å². The molecule has 5 nitrogen and oxygen atoms in total. The van der Waals surface area contributed by atoms with Gasteiger partial charge >= 0.3 is 0 Å². The zero-order valence-electron chi connectivity index (χ0n) is 14.3. The van der Waals surface area contributed by atoms with Crippen LogP contribution < -0.4 is 5.73 Å². The van der Waals surface area contributed by atoms with E-state index in [1.165, 1.54) is 5.56 Å². The molecule has 24 heavy (non-hydrogen) atoms. The highest BCUT2D eigenvalue weighted by Gasteiger charge is 2.33. The van der Waals surface area contributed by atoms with Gasteiger partial charge in [0.05, 0.1) is 11.1 Å². The molecular weight excluding hydrogens is 302 g/mol. The lowest BCUT2D eigenvalue weighted by Crippen LogP contribution is -2.32. The number of likely N-dealkylation sites (tertiary alicyclic amines) is 1. The van der Waals surface area contributed by atoms with E-state index in [9.17, 15) is 4.79 Å². The Bertz CT molecular complexity index is 760. The molecule has 0 radical (unpaired) electrons. The van der Waals surface area contributed by atoms with Crippen LogP contribution in [0.15, 0.2) is 24.3 Å². The van der Waals surface area contributed by atoms with Gasteiger partial charge < -0.3 is 15.7 Å². The van der Waals surface area contributed by atoms with Crippen LogP contribution in [0.5, 0.6) is 0 Å². The van der Waals surface area contributed by atoms with Crippen molar-refractivity contribution in [3.8, 4) is 0 Å². The molecule has 0 aliphatic carbocycles. The fraction of sp³-hybridized carbons (Fsp3) is 0.474. The summed E-state index contributed by atoms with van der Waals surface area (Å²) in [4.78, 5) is 19.5. The maximum Gasteiger partial charge on any atom is 0.254 e. The van der Waals surface area contributed by atoms with Gasteiger partial charge in [-0.05, 0) is 49.4 Å². The van der Waals surface area contributed by atoms with E-state index < -0.39 is 0 Å². The molecule has 5 heteroatoms. The van der Waals surface area contributed by atoms with Crippen molar-refractivity contribution in [3.63, 3.8) is 0 Å². The Morgan fingerprint density at radius 2 is 2.17 bits per heavy atom. The lowest BCUT2D eigenvalue weighted by molar-refractivity contribution is 0.0785. The Balaban J connectivity index is 1.97. The van der Waals surface area contributed by atoms with Crippen LogP contribution in [0.25, 0.3) is 10.9 Å². The van der Waals surface area contributed by atoms with Gasteiger partial charge in [-0.15, -0.1) is 0 Å². The lowest BCUT2D eigenvalue weighted by Gasteiger charge is -2.18. The highest BCUT2D eigenvalue weighted by atomic mass is 16.3. The number of hydrogen-bond acceptors (Lipinski definition) is 4. The van der Waals surface area contributed by atoms with Crippen LogP contribution in [-0.2, 0) is 6.42 Å². The van der Waals surface area contributed by atoms with Crippen molar-refractivity contribution in [2.75, 3.05) is 19.7 Å². The average Bonchev–Trinajstić information content (AvgIpc) is 2.94. The fourth-order valence-electron chi connectivity index (χ4n) is 3.51. The van der Waals surface area contributed by atoms with Crippen molar-refractivity contribution in [2.45, 2.75) is 32.7 Å². The molecule has 2 atom stereocenters. The molecule has 0 bridgehead atoms. The molecule has 3 N–H and O–H groups in total. The molecule has 1 saturated heterocycles. The predicted octanol–water partition coefficient (Wildman–Crippen LogP) is 1.89. The highest BCUT2D eigenvalue weighted by molar-refractivity contribution is 6.06. The Morgan fingerprint density at radius 1 is 1.38 bits per heavy atom. The number of aliphatic hydroxyl groups excluding tert-OH is 1. The molecule has 1 aromatic heterocycles. The summed E-state index contributed by atoms with van der Waals surface area (Å²) in [5, 5.41) is 10.1. The van der Waals surface area contributed by atoms with Crippen molar-refractivity contribution in [1.29, 1.82) is 0 Å². The average molecular weight is 327 g/mol. The van der Waals surface area contributed by atoms with Gasteiger partial charge in [-0.2, -0.15) is 0 Å². The smallest absolute Gasteiger partial charge is 0.254 e. The molecule has 0 spiro atoms. The third-order valence-corrected chi connectivity index (χ3v) is 4.92.